The molecule has 1 aliphatic rings. The summed E-state index contributed by atoms with van der Waals surface area (Å²) in [6.45, 7) is 1.34. The highest BCUT2D eigenvalue weighted by Crippen LogP contribution is 2.14. The van der Waals surface area contributed by atoms with Gasteiger partial charge in [-0.1, -0.05) is 6.07 Å². The first-order valence-electron chi connectivity index (χ1n) is 8.43. The quantitative estimate of drug-likeness (QED) is 0.812. The zero-order valence-electron chi connectivity index (χ0n) is 14.3. The van der Waals surface area contributed by atoms with Crippen molar-refractivity contribution in [3.8, 4) is 0 Å². The lowest BCUT2D eigenvalue weighted by molar-refractivity contribution is -0.0743. The summed E-state index contributed by atoms with van der Waals surface area (Å²) in [7, 11) is 0. The van der Waals surface area contributed by atoms with Gasteiger partial charge in [0.1, 0.15) is 6.10 Å². The van der Waals surface area contributed by atoms with E-state index in [1.54, 1.807) is 18.3 Å². The molecule has 1 aliphatic heterocycles. The maximum atomic E-state index is 12.5. The van der Waals surface area contributed by atoms with Crippen LogP contribution in [0.25, 0.3) is 0 Å². The number of rotatable bonds is 6. The number of aromatic nitrogens is 1. The van der Waals surface area contributed by atoms with Crippen molar-refractivity contribution in [2.75, 3.05) is 13.2 Å². The first kappa shape index (κ1) is 18.0. The van der Waals surface area contributed by atoms with E-state index in [1.165, 1.54) is 12.1 Å². The van der Waals surface area contributed by atoms with E-state index in [0.717, 1.165) is 5.69 Å². The molecule has 0 spiro atoms. The van der Waals surface area contributed by atoms with Gasteiger partial charge in [0.15, 0.2) is 0 Å². The van der Waals surface area contributed by atoms with Crippen LogP contribution >= 0.6 is 0 Å². The van der Waals surface area contributed by atoms with Gasteiger partial charge in [-0.3, -0.25) is 14.6 Å². The Balaban J connectivity index is 1.60. The Morgan fingerprint density at radius 2 is 1.96 bits per heavy atom. The molecule has 2 heterocycles. The molecule has 3 N–H and O–H groups in total. The van der Waals surface area contributed by atoms with E-state index in [9.17, 15) is 9.59 Å². The predicted octanol–water partition coefficient (Wildman–Crippen LogP) is 1.28. The van der Waals surface area contributed by atoms with Crippen molar-refractivity contribution < 1.29 is 19.1 Å². The fourth-order valence-corrected chi connectivity index (χ4v) is 2.75. The number of hydrogen-bond acceptors (Lipinski definition) is 5. The molecule has 1 aromatic carbocycles. The third-order valence-electron chi connectivity index (χ3n) is 4.22. The highest BCUT2D eigenvalue weighted by Gasteiger charge is 2.28. The van der Waals surface area contributed by atoms with Gasteiger partial charge in [0.2, 0.25) is 5.91 Å². The summed E-state index contributed by atoms with van der Waals surface area (Å²) >= 11 is 0. The van der Waals surface area contributed by atoms with Gasteiger partial charge in [-0.05, 0) is 42.8 Å². The molecule has 1 aromatic heterocycles. The van der Waals surface area contributed by atoms with Crippen LogP contribution in [-0.4, -0.2) is 42.2 Å². The molecule has 1 saturated heterocycles. The van der Waals surface area contributed by atoms with Crippen LogP contribution in [0.5, 0.6) is 0 Å². The first-order chi connectivity index (χ1) is 12.6. The number of carbonyl (C=O) groups excluding carboxylic acids is 2. The molecule has 0 unspecified atom stereocenters. The summed E-state index contributed by atoms with van der Waals surface area (Å²) in [5, 5.41) is 2.99. The number of primary amides is 1. The third-order valence-corrected chi connectivity index (χ3v) is 4.22. The molecular formula is C19H21N3O4. The number of benzene rings is 1. The average Bonchev–Trinajstić information content (AvgIpc) is 2.68. The van der Waals surface area contributed by atoms with Gasteiger partial charge >= 0.3 is 0 Å². The molecule has 1 fully saturated rings. The number of amides is 2. The van der Waals surface area contributed by atoms with E-state index >= 15 is 0 Å². The van der Waals surface area contributed by atoms with Crippen molar-refractivity contribution in [3.05, 3.63) is 65.5 Å². The van der Waals surface area contributed by atoms with Crippen molar-refractivity contribution in [2.24, 2.45) is 5.73 Å². The second-order valence-corrected chi connectivity index (χ2v) is 6.06. The second kappa shape index (κ2) is 8.55. The summed E-state index contributed by atoms with van der Waals surface area (Å²) in [5.41, 5.74) is 6.87. The average molecular weight is 355 g/mol. The van der Waals surface area contributed by atoms with Gasteiger partial charge in [0, 0.05) is 23.9 Å². The second-order valence-electron chi connectivity index (χ2n) is 6.06. The standard InChI is InChI=1S/C19H21N3O4/c20-18(23)13-4-6-14(7-5-13)19(24)22-16-8-10-25-12-17(16)26-11-15-3-1-2-9-21-15/h1-7,9,16-17H,8,10-12H2,(H2,20,23)(H,22,24)/t16-,17-/m1/s1. The molecule has 0 bridgehead atoms. The Bertz CT molecular complexity index is 749. The lowest BCUT2D eigenvalue weighted by Gasteiger charge is -2.32. The zero-order valence-corrected chi connectivity index (χ0v) is 14.3. The molecule has 3 rings (SSSR count). The van der Waals surface area contributed by atoms with Gasteiger partial charge in [0.05, 0.1) is 24.9 Å². The summed E-state index contributed by atoms with van der Waals surface area (Å²) in [6.07, 6.45) is 2.13. The van der Waals surface area contributed by atoms with E-state index in [2.05, 4.69) is 10.3 Å². The van der Waals surface area contributed by atoms with E-state index in [4.69, 9.17) is 15.2 Å². The van der Waals surface area contributed by atoms with Crippen LogP contribution in [0.2, 0.25) is 0 Å². The van der Waals surface area contributed by atoms with Crippen LogP contribution in [0.3, 0.4) is 0 Å². The Hall–Kier alpha value is -2.77. The first-order valence-corrected chi connectivity index (χ1v) is 8.43. The van der Waals surface area contributed by atoms with Gasteiger partial charge in [-0.2, -0.15) is 0 Å². The highest BCUT2D eigenvalue weighted by atomic mass is 16.5. The number of nitrogens with two attached hydrogens (primary N) is 1. The van der Waals surface area contributed by atoms with Crippen LogP contribution in [-0.2, 0) is 16.1 Å². The third kappa shape index (κ3) is 4.65. The van der Waals surface area contributed by atoms with Crippen LogP contribution in [0.15, 0.2) is 48.7 Å². The number of hydrogen-bond donors (Lipinski definition) is 2. The molecule has 0 aliphatic carbocycles. The molecule has 136 valence electrons. The minimum atomic E-state index is -0.524. The van der Waals surface area contributed by atoms with E-state index in [0.29, 0.717) is 37.4 Å². The Labute approximate surface area is 151 Å². The fourth-order valence-electron chi connectivity index (χ4n) is 2.75. The van der Waals surface area contributed by atoms with E-state index in [-0.39, 0.29) is 18.1 Å². The summed E-state index contributed by atoms with van der Waals surface area (Å²) in [6, 6.07) is 11.7. The van der Waals surface area contributed by atoms with E-state index < -0.39 is 5.91 Å². The van der Waals surface area contributed by atoms with Gasteiger partial charge < -0.3 is 20.5 Å². The topological polar surface area (TPSA) is 104 Å². The van der Waals surface area contributed by atoms with Crippen molar-refractivity contribution in [3.63, 3.8) is 0 Å². The summed E-state index contributed by atoms with van der Waals surface area (Å²) in [5.74, 6) is -0.747. The minimum absolute atomic E-state index is 0.157. The molecule has 2 aromatic rings. The molecule has 2 atom stereocenters. The Morgan fingerprint density at radius 3 is 2.65 bits per heavy atom. The monoisotopic (exact) mass is 355 g/mol. The lowest BCUT2D eigenvalue weighted by Crippen LogP contribution is -2.50. The van der Waals surface area contributed by atoms with Crippen molar-refractivity contribution >= 4 is 11.8 Å². The number of pyridine rings is 1. The predicted molar refractivity (Wildman–Crippen MR) is 94.5 cm³/mol. The lowest BCUT2D eigenvalue weighted by atomic mass is 10.0. The normalized spacial score (nSPS) is 19.7. The zero-order chi connectivity index (χ0) is 18.4. The molecule has 7 heteroatoms. The molecule has 0 saturated carbocycles. The minimum Gasteiger partial charge on any atom is -0.379 e. The van der Waals surface area contributed by atoms with Crippen LogP contribution in [0, 0.1) is 0 Å². The molecule has 2 amide bonds. The molecule has 26 heavy (non-hydrogen) atoms. The van der Waals surface area contributed by atoms with Crippen molar-refractivity contribution in [1.82, 2.24) is 10.3 Å². The highest BCUT2D eigenvalue weighted by molar-refractivity contribution is 5.97. The van der Waals surface area contributed by atoms with Crippen molar-refractivity contribution in [1.29, 1.82) is 0 Å². The summed E-state index contributed by atoms with van der Waals surface area (Å²) < 4.78 is 11.4. The van der Waals surface area contributed by atoms with Crippen LogP contribution < -0.4 is 11.1 Å². The summed E-state index contributed by atoms with van der Waals surface area (Å²) in [4.78, 5) is 27.8. The number of nitrogens with one attached hydrogen (secondary N) is 1. The Morgan fingerprint density at radius 1 is 1.19 bits per heavy atom. The van der Waals surface area contributed by atoms with Gasteiger partial charge in [0.25, 0.3) is 5.91 Å². The van der Waals surface area contributed by atoms with Crippen molar-refractivity contribution in [2.45, 2.75) is 25.2 Å². The van der Waals surface area contributed by atoms with Crippen LogP contribution in [0.1, 0.15) is 32.8 Å². The maximum absolute atomic E-state index is 12.5. The largest absolute Gasteiger partial charge is 0.379 e. The maximum Gasteiger partial charge on any atom is 0.251 e. The number of nitrogens with zero attached hydrogens (tertiary/aromatic N) is 1. The number of ether oxygens (including phenoxy) is 2. The van der Waals surface area contributed by atoms with Gasteiger partial charge in [-0.15, -0.1) is 0 Å². The smallest absolute Gasteiger partial charge is 0.251 e. The van der Waals surface area contributed by atoms with Crippen LogP contribution in [0.4, 0.5) is 0 Å². The number of carbonyl (C=O) groups is 2. The molecular weight excluding hydrogens is 334 g/mol. The van der Waals surface area contributed by atoms with Gasteiger partial charge in [-0.25, -0.2) is 0 Å². The molecule has 0 radical (unpaired) electrons. The van der Waals surface area contributed by atoms with E-state index in [1.807, 2.05) is 18.2 Å². The molecule has 7 nitrogen and oxygen atoms in total. The fraction of sp³-hybridized carbons (Fsp3) is 0.316. The SMILES string of the molecule is NC(=O)c1ccc(C(=O)N[C@@H]2CCOC[C@H]2OCc2ccccn2)cc1. The Kier molecular flexibility index (Phi) is 5.93.